The van der Waals surface area contributed by atoms with Gasteiger partial charge in [0, 0.05) is 22.5 Å². The van der Waals surface area contributed by atoms with Crippen LogP contribution in [0.1, 0.15) is 43.2 Å². The molecule has 0 fully saturated rings. The van der Waals surface area contributed by atoms with Crippen molar-refractivity contribution in [2.45, 2.75) is 26.2 Å². The molecule has 0 aliphatic carbocycles. The van der Waals surface area contributed by atoms with Crippen LogP contribution < -0.4 is 0 Å². The number of carboxylic acids is 1. The minimum Gasteiger partial charge on any atom is -0.478 e. The van der Waals surface area contributed by atoms with Gasteiger partial charge in [0.1, 0.15) is 0 Å². The van der Waals surface area contributed by atoms with Crippen molar-refractivity contribution in [2.75, 3.05) is 7.11 Å². The van der Waals surface area contributed by atoms with E-state index in [0.29, 0.717) is 28.2 Å². The van der Waals surface area contributed by atoms with Crippen LogP contribution in [0.2, 0.25) is 0 Å². The van der Waals surface area contributed by atoms with Gasteiger partial charge in [0.2, 0.25) is 0 Å². The zero-order chi connectivity index (χ0) is 30.5. The average Bonchev–Trinajstić information content (AvgIpc) is 2.92. The second-order valence-corrected chi connectivity index (χ2v) is 8.64. The lowest BCUT2D eigenvalue weighted by molar-refractivity contribution is -0.138. The summed E-state index contributed by atoms with van der Waals surface area (Å²) in [6.07, 6.45) is -8.82. The van der Waals surface area contributed by atoms with Crippen molar-refractivity contribution in [3.05, 3.63) is 106 Å². The summed E-state index contributed by atoms with van der Waals surface area (Å²) < 4.78 is 79.8. The van der Waals surface area contributed by atoms with E-state index in [-0.39, 0.29) is 16.8 Å². The van der Waals surface area contributed by atoms with Crippen LogP contribution in [-0.2, 0) is 17.1 Å². The molecule has 0 radical (unpaired) electrons. The van der Waals surface area contributed by atoms with Gasteiger partial charge >= 0.3 is 24.3 Å². The molecule has 0 aliphatic heterocycles. The summed E-state index contributed by atoms with van der Waals surface area (Å²) in [5, 5.41) is 9.08. The highest BCUT2D eigenvalue weighted by Gasteiger charge is 2.31. The van der Waals surface area contributed by atoms with Crippen molar-refractivity contribution in [2.24, 2.45) is 0 Å². The summed E-state index contributed by atoms with van der Waals surface area (Å²) in [4.78, 5) is 31.1. The van der Waals surface area contributed by atoms with E-state index in [2.05, 4.69) is 14.7 Å². The number of hydrogen-bond donors (Lipinski definition) is 1. The summed E-state index contributed by atoms with van der Waals surface area (Å²) in [6, 6.07) is 14.9. The number of aromatic nitrogens is 2. The van der Waals surface area contributed by atoms with Crippen LogP contribution >= 0.6 is 0 Å². The summed E-state index contributed by atoms with van der Waals surface area (Å²) in [6.45, 7) is 3.41. The number of hydrogen-bond acceptors (Lipinski definition) is 5. The number of nitrogens with zero attached hydrogens (tertiary/aromatic N) is 2. The summed E-state index contributed by atoms with van der Waals surface area (Å²) in [7, 11) is 1.23. The van der Waals surface area contributed by atoms with E-state index in [9.17, 15) is 35.9 Å². The Balaban J connectivity index is 0.000000226. The summed E-state index contributed by atoms with van der Waals surface area (Å²) in [5.74, 6) is -1.76. The molecule has 2 heterocycles. The number of ether oxygens (including phenoxy) is 1. The van der Waals surface area contributed by atoms with Crippen LogP contribution in [0.15, 0.2) is 72.8 Å². The molecule has 41 heavy (non-hydrogen) atoms. The van der Waals surface area contributed by atoms with Crippen LogP contribution in [0.25, 0.3) is 22.5 Å². The van der Waals surface area contributed by atoms with E-state index in [1.54, 1.807) is 26.0 Å². The molecule has 6 nitrogen and oxygen atoms in total. The summed E-state index contributed by atoms with van der Waals surface area (Å²) >= 11 is 0. The molecule has 1 N–H and O–H groups in total. The fourth-order valence-electron chi connectivity index (χ4n) is 3.63. The molecule has 0 saturated carbocycles. The highest BCUT2D eigenvalue weighted by atomic mass is 19.4. The van der Waals surface area contributed by atoms with E-state index < -0.39 is 35.4 Å². The van der Waals surface area contributed by atoms with Crippen molar-refractivity contribution in [1.82, 2.24) is 9.97 Å². The van der Waals surface area contributed by atoms with Crippen LogP contribution in [0, 0.1) is 13.8 Å². The predicted molar refractivity (Wildman–Crippen MR) is 137 cm³/mol. The van der Waals surface area contributed by atoms with Gasteiger partial charge in [0.25, 0.3) is 0 Å². The van der Waals surface area contributed by atoms with Gasteiger partial charge in [-0.1, -0.05) is 24.3 Å². The largest absolute Gasteiger partial charge is 0.478 e. The summed E-state index contributed by atoms with van der Waals surface area (Å²) in [5.41, 5.74) is 1.08. The van der Waals surface area contributed by atoms with Gasteiger partial charge in [-0.2, -0.15) is 26.3 Å². The molecule has 4 aromatic rings. The Kier molecular flexibility index (Phi) is 9.16. The van der Waals surface area contributed by atoms with Crippen LogP contribution in [0.5, 0.6) is 0 Å². The second kappa shape index (κ2) is 12.2. The zero-order valence-electron chi connectivity index (χ0n) is 21.8. The Bertz CT molecular complexity index is 1550. The highest BCUT2D eigenvalue weighted by Crippen LogP contribution is 2.32. The maximum absolute atomic E-state index is 12.6. The maximum atomic E-state index is 12.6. The Labute approximate surface area is 230 Å². The molecule has 12 heteroatoms. The number of carbonyl (C=O) groups excluding carboxylic acids is 1. The van der Waals surface area contributed by atoms with Gasteiger partial charge in [-0.05, 0) is 62.4 Å². The van der Waals surface area contributed by atoms with E-state index in [0.717, 1.165) is 24.3 Å². The molecule has 0 bridgehead atoms. The maximum Gasteiger partial charge on any atom is 0.416 e. The minimum absolute atomic E-state index is 0.0460. The number of methoxy groups -OCH3 is 1. The molecule has 0 spiro atoms. The molecular formula is C29H22F6N2O4. The molecule has 0 amide bonds. The fraction of sp³-hybridized carbons (Fsp3) is 0.172. The van der Waals surface area contributed by atoms with Gasteiger partial charge < -0.3 is 9.84 Å². The third kappa shape index (κ3) is 7.68. The lowest BCUT2D eigenvalue weighted by atomic mass is 10.0. The molecule has 0 saturated heterocycles. The van der Waals surface area contributed by atoms with E-state index in [4.69, 9.17) is 5.11 Å². The van der Waals surface area contributed by atoms with Gasteiger partial charge in [-0.25, -0.2) is 9.59 Å². The lowest BCUT2D eigenvalue weighted by Gasteiger charge is -2.10. The molecule has 2 aromatic carbocycles. The SMILES string of the molecule is COC(=O)c1ccc(C)nc1-c1ccc(C(F)(F)F)cc1.Cc1ccc(C(=O)O)c(-c2ccc(C(F)(F)F)cc2)n1. The Morgan fingerprint density at radius 3 is 1.34 bits per heavy atom. The minimum atomic E-state index is -4.42. The number of benzene rings is 2. The van der Waals surface area contributed by atoms with Crippen molar-refractivity contribution in [3.8, 4) is 22.5 Å². The van der Waals surface area contributed by atoms with E-state index in [1.165, 1.54) is 43.5 Å². The number of alkyl halides is 6. The van der Waals surface area contributed by atoms with Crippen molar-refractivity contribution in [1.29, 1.82) is 0 Å². The van der Waals surface area contributed by atoms with Gasteiger partial charge in [-0.15, -0.1) is 0 Å². The first-order valence-electron chi connectivity index (χ1n) is 11.7. The second-order valence-electron chi connectivity index (χ2n) is 8.64. The van der Waals surface area contributed by atoms with Crippen molar-refractivity contribution in [3.63, 3.8) is 0 Å². The third-order valence-corrected chi connectivity index (χ3v) is 5.68. The quantitative estimate of drug-likeness (QED) is 0.198. The zero-order valence-corrected chi connectivity index (χ0v) is 21.8. The standard InChI is InChI=1S/C15H12F3NO2.C14H10F3NO2/c1-9-3-8-12(14(20)21-2)13(19-9)10-4-6-11(7-5-10)15(16,17)18;1-8-2-7-11(13(19)20)12(18-8)9-3-5-10(6-4-9)14(15,16)17/h3-8H,1-2H3;2-7H,1H3,(H,19,20). The molecule has 0 unspecified atom stereocenters. The predicted octanol–water partition coefficient (Wildman–Crippen LogP) is 7.64. The Morgan fingerprint density at radius 1 is 0.634 bits per heavy atom. The Morgan fingerprint density at radius 2 is 1.00 bits per heavy atom. The fourth-order valence-corrected chi connectivity index (χ4v) is 3.63. The number of aryl methyl sites for hydroxylation is 2. The first-order chi connectivity index (χ1) is 19.1. The first kappa shape index (κ1) is 30.8. The lowest BCUT2D eigenvalue weighted by Crippen LogP contribution is -2.07. The number of carboxylic acid groups (broad SMARTS) is 1. The van der Waals surface area contributed by atoms with Crippen molar-refractivity contribution >= 4 is 11.9 Å². The molecular weight excluding hydrogens is 554 g/mol. The number of esters is 1. The third-order valence-electron chi connectivity index (χ3n) is 5.68. The van der Waals surface area contributed by atoms with Crippen LogP contribution in [-0.4, -0.2) is 34.1 Å². The monoisotopic (exact) mass is 576 g/mol. The van der Waals surface area contributed by atoms with E-state index in [1.807, 2.05) is 0 Å². The number of aromatic carboxylic acids is 1. The van der Waals surface area contributed by atoms with Crippen LogP contribution in [0.4, 0.5) is 26.3 Å². The number of halogens is 6. The topological polar surface area (TPSA) is 89.4 Å². The van der Waals surface area contributed by atoms with E-state index >= 15 is 0 Å². The average molecular weight is 576 g/mol. The smallest absolute Gasteiger partial charge is 0.416 e. The molecule has 0 aliphatic rings. The molecule has 2 aromatic heterocycles. The van der Waals surface area contributed by atoms with Crippen molar-refractivity contribution < 1.29 is 45.8 Å². The van der Waals surface area contributed by atoms with Gasteiger partial charge in [-0.3, -0.25) is 9.97 Å². The normalized spacial score (nSPS) is 11.3. The first-order valence-corrected chi connectivity index (χ1v) is 11.7. The molecule has 0 atom stereocenters. The highest BCUT2D eigenvalue weighted by molar-refractivity contribution is 5.96. The number of rotatable bonds is 4. The molecule has 214 valence electrons. The van der Waals surface area contributed by atoms with Gasteiger partial charge in [0.05, 0.1) is 40.8 Å². The van der Waals surface area contributed by atoms with Crippen LogP contribution in [0.3, 0.4) is 0 Å². The number of carbonyl (C=O) groups is 2. The molecule has 4 rings (SSSR count). The van der Waals surface area contributed by atoms with Gasteiger partial charge in [0.15, 0.2) is 0 Å². The Hall–Kier alpha value is -4.74. The number of pyridine rings is 2.